The van der Waals surface area contributed by atoms with Gasteiger partial charge in [-0.2, -0.15) is 0 Å². The van der Waals surface area contributed by atoms with E-state index < -0.39 is 0 Å². The second-order valence-corrected chi connectivity index (χ2v) is 8.74. The van der Waals surface area contributed by atoms with Gasteiger partial charge in [-0.15, -0.1) is 16.8 Å². The number of carbonyl (C=O) groups is 1. The van der Waals surface area contributed by atoms with Gasteiger partial charge < -0.3 is 10.1 Å². The van der Waals surface area contributed by atoms with Crippen molar-refractivity contribution in [2.45, 2.75) is 31.5 Å². The Morgan fingerprint density at radius 2 is 1.91 bits per heavy atom. The zero-order valence-electron chi connectivity index (χ0n) is 17.7. The van der Waals surface area contributed by atoms with Gasteiger partial charge in [-0.1, -0.05) is 54.4 Å². The van der Waals surface area contributed by atoms with Crippen LogP contribution in [0.2, 0.25) is 10.0 Å². The van der Waals surface area contributed by atoms with Crippen LogP contribution in [0.1, 0.15) is 19.8 Å². The third kappa shape index (κ3) is 6.76. The summed E-state index contributed by atoms with van der Waals surface area (Å²) in [7, 11) is 0. The number of hydrogen-bond acceptors (Lipinski definition) is 5. The summed E-state index contributed by atoms with van der Waals surface area (Å²) in [6.45, 7) is 7.17. The molecule has 3 rings (SSSR count). The topological polar surface area (TPSA) is 69.0 Å². The molecule has 1 aromatic heterocycles. The minimum Gasteiger partial charge on any atom is -0.494 e. The van der Waals surface area contributed by atoms with E-state index in [0.29, 0.717) is 39.9 Å². The van der Waals surface area contributed by atoms with E-state index in [1.165, 1.54) is 11.8 Å². The minimum absolute atomic E-state index is 0.156. The molecule has 0 aliphatic heterocycles. The molecule has 0 fully saturated rings. The summed E-state index contributed by atoms with van der Waals surface area (Å²) in [5.41, 5.74) is 1.45. The molecule has 0 radical (unpaired) electrons. The monoisotopic (exact) mass is 490 g/mol. The Balaban J connectivity index is 1.67. The second kappa shape index (κ2) is 11.9. The maximum absolute atomic E-state index is 12.4. The van der Waals surface area contributed by atoms with E-state index in [4.69, 9.17) is 27.9 Å². The number of rotatable bonds is 11. The average Bonchev–Trinajstić information content (AvgIpc) is 3.15. The first-order valence-corrected chi connectivity index (χ1v) is 11.9. The van der Waals surface area contributed by atoms with Crippen LogP contribution in [0, 0.1) is 0 Å². The first-order valence-electron chi connectivity index (χ1n) is 10.2. The van der Waals surface area contributed by atoms with Crippen LogP contribution in [0.25, 0.3) is 11.4 Å². The number of thioether (sulfide) groups is 1. The Kier molecular flexibility index (Phi) is 9.02. The molecule has 0 aliphatic rings. The van der Waals surface area contributed by atoms with Crippen LogP contribution in [0.5, 0.6) is 5.75 Å². The lowest BCUT2D eigenvalue weighted by Gasteiger charge is -2.09. The maximum Gasteiger partial charge on any atom is 0.234 e. The van der Waals surface area contributed by atoms with Crippen molar-refractivity contribution in [3.63, 3.8) is 0 Å². The molecule has 0 unspecified atom stereocenters. The first kappa shape index (κ1) is 24.2. The quantitative estimate of drug-likeness (QED) is 0.192. The zero-order valence-corrected chi connectivity index (χ0v) is 20.0. The van der Waals surface area contributed by atoms with Crippen molar-refractivity contribution in [3.05, 3.63) is 65.2 Å². The van der Waals surface area contributed by atoms with Gasteiger partial charge in [-0.05, 0) is 48.9 Å². The molecular formula is C23H24Cl2N4O2S. The molecule has 0 spiro atoms. The lowest BCUT2D eigenvalue weighted by atomic mass is 10.2. The van der Waals surface area contributed by atoms with Gasteiger partial charge in [-0.3, -0.25) is 9.36 Å². The van der Waals surface area contributed by atoms with Crippen LogP contribution in [-0.4, -0.2) is 33.0 Å². The van der Waals surface area contributed by atoms with E-state index in [-0.39, 0.29) is 11.7 Å². The predicted molar refractivity (Wildman–Crippen MR) is 132 cm³/mol. The van der Waals surface area contributed by atoms with Crippen molar-refractivity contribution in [1.82, 2.24) is 14.8 Å². The number of carbonyl (C=O) groups excluding carboxylic acids is 1. The van der Waals surface area contributed by atoms with E-state index in [1.54, 1.807) is 24.3 Å². The highest BCUT2D eigenvalue weighted by Crippen LogP contribution is 2.27. The molecule has 0 bridgehead atoms. The largest absolute Gasteiger partial charge is 0.494 e. The average molecular weight is 491 g/mol. The summed E-state index contributed by atoms with van der Waals surface area (Å²) in [5.74, 6) is 1.49. The van der Waals surface area contributed by atoms with E-state index in [0.717, 1.165) is 24.2 Å². The summed E-state index contributed by atoms with van der Waals surface area (Å²) in [6.07, 6.45) is 3.88. The molecule has 3 aromatic rings. The van der Waals surface area contributed by atoms with Crippen molar-refractivity contribution in [2.24, 2.45) is 0 Å². The van der Waals surface area contributed by atoms with Crippen molar-refractivity contribution in [3.8, 4) is 17.1 Å². The normalized spacial score (nSPS) is 10.7. The van der Waals surface area contributed by atoms with E-state index in [9.17, 15) is 4.79 Å². The predicted octanol–water partition coefficient (Wildman–Crippen LogP) is 6.35. The van der Waals surface area contributed by atoms with Gasteiger partial charge in [0, 0.05) is 27.8 Å². The van der Waals surface area contributed by atoms with Crippen molar-refractivity contribution in [1.29, 1.82) is 0 Å². The number of allylic oxidation sites excluding steroid dienone is 1. The van der Waals surface area contributed by atoms with Crippen LogP contribution in [0.15, 0.2) is 60.3 Å². The van der Waals surface area contributed by atoms with E-state index in [1.807, 2.05) is 28.8 Å². The fourth-order valence-electron chi connectivity index (χ4n) is 2.89. The SMILES string of the molecule is C=CCn1c(SCC(=O)Nc2cc(Cl)cc(Cl)c2)nnc1-c1ccc(OCCCC)cc1. The molecule has 0 atom stereocenters. The molecule has 6 nitrogen and oxygen atoms in total. The van der Waals surface area contributed by atoms with Gasteiger partial charge in [0.15, 0.2) is 11.0 Å². The molecule has 168 valence electrons. The molecule has 1 heterocycles. The van der Waals surface area contributed by atoms with Crippen LogP contribution in [0.3, 0.4) is 0 Å². The lowest BCUT2D eigenvalue weighted by molar-refractivity contribution is -0.113. The van der Waals surface area contributed by atoms with Gasteiger partial charge in [0.05, 0.1) is 12.4 Å². The van der Waals surface area contributed by atoms with Crippen LogP contribution >= 0.6 is 35.0 Å². The number of nitrogens with one attached hydrogen (secondary N) is 1. The molecular weight excluding hydrogens is 467 g/mol. The van der Waals surface area contributed by atoms with Crippen LogP contribution in [-0.2, 0) is 11.3 Å². The first-order chi connectivity index (χ1) is 15.5. The smallest absolute Gasteiger partial charge is 0.234 e. The number of benzene rings is 2. The number of nitrogens with zero attached hydrogens (tertiary/aromatic N) is 3. The number of aromatic nitrogens is 3. The number of halogens is 2. The van der Waals surface area contributed by atoms with Crippen molar-refractivity contribution < 1.29 is 9.53 Å². The highest BCUT2D eigenvalue weighted by molar-refractivity contribution is 7.99. The Morgan fingerprint density at radius 1 is 1.19 bits per heavy atom. The molecule has 9 heteroatoms. The molecule has 1 N–H and O–H groups in total. The fourth-order valence-corrected chi connectivity index (χ4v) is 4.16. The molecule has 32 heavy (non-hydrogen) atoms. The number of unbranched alkanes of at least 4 members (excludes halogenated alkanes) is 1. The van der Waals surface area contributed by atoms with E-state index >= 15 is 0 Å². The second-order valence-electron chi connectivity index (χ2n) is 6.93. The number of anilines is 1. The minimum atomic E-state index is -0.198. The zero-order chi connectivity index (χ0) is 22.9. The van der Waals surface area contributed by atoms with Crippen molar-refractivity contribution in [2.75, 3.05) is 17.7 Å². The molecule has 0 saturated heterocycles. The molecule has 2 aromatic carbocycles. The summed E-state index contributed by atoms with van der Waals surface area (Å²) in [4.78, 5) is 12.4. The number of ether oxygens (including phenoxy) is 1. The molecule has 1 amide bonds. The molecule has 0 aliphatic carbocycles. The highest BCUT2D eigenvalue weighted by atomic mass is 35.5. The standard InChI is InChI=1S/C23H24Cl2N4O2S/c1-3-5-11-31-20-8-6-16(7-9-20)22-27-28-23(29(22)10-4-2)32-15-21(30)26-19-13-17(24)12-18(25)14-19/h4,6-9,12-14H,2-3,5,10-11,15H2,1H3,(H,26,30). The summed E-state index contributed by atoms with van der Waals surface area (Å²) in [6, 6.07) is 12.6. The fraction of sp³-hybridized carbons (Fsp3) is 0.261. The van der Waals surface area contributed by atoms with Gasteiger partial charge >= 0.3 is 0 Å². The third-order valence-corrected chi connectivity index (χ3v) is 5.79. The lowest BCUT2D eigenvalue weighted by Crippen LogP contribution is -2.14. The highest BCUT2D eigenvalue weighted by Gasteiger charge is 2.15. The van der Waals surface area contributed by atoms with Gasteiger partial charge in [0.25, 0.3) is 0 Å². The molecule has 0 saturated carbocycles. The summed E-state index contributed by atoms with van der Waals surface area (Å²) < 4.78 is 7.65. The van der Waals surface area contributed by atoms with Crippen molar-refractivity contribution >= 4 is 46.6 Å². The Bertz CT molecular complexity index is 1050. The van der Waals surface area contributed by atoms with E-state index in [2.05, 4.69) is 29.0 Å². The third-order valence-electron chi connectivity index (χ3n) is 4.39. The van der Waals surface area contributed by atoms with Gasteiger partial charge in [-0.25, -0.2) is 0 Å². The Morgan fingerprint density at radius 3 is 2.56 bits per heavy atom. The van der Waals surface area contributed by atoms with Gasteiger partial charge in [0.1, 0.15) is 5.75 Å². The number of amides is 1. The summed E-state index contributed by atoms with van der Waals surface area (Å²) >= 11 is 13.3. The number of hydrogen-bond donors (Lipinski definition) is 1. The van der Waals surface area contributed by atoms with Crippen LogP contribution < -0.4 is 10.1 Å². The van der Waals surface area contributed by atoms with Crippen LogP contribution in [0.4, 0.5) is 5.69 Å². The summed E-state index contributed by atoms with van der Waals surface area (Å²) in [5, 5.41) is 12.9. The van der Waals surface area contributed by atoms with Gasteiger partial charge in [0.2, 0.25) is 5.91 Å². The Labute approximate surface area is 202 Å². The maximum atomic E-state index is 12.4. The Hall–Kier alpha value is -2.48.